The molecule has 0 atom stereocenters. The fraction of sp³-hybridized carbons (Fsp3) is 0.522. The van der Waals surface area contributed by atoms with Crippen LogP contribution in [0.25, 0.3) is 0 Å². The maximum atomic E-state index is 12.9. The van der Waals surface area contributed by atoms with Gasteiger partial charge >= 0.3 is 0 Å². The number of rotatable bonds is 6. The van der Waals surface area contributed by atoms with Crippen LogP contribution in [0.3, 0.4) is 0 Å². The van der Waals surface area contributed by atoms with E-state index < -0.39 is 0 Å². The van der Waals surface area contributed by atoms with Gasteiger partial charge in [-0.05, 0) is 57.2 Å². The summed E-state index contributed by atoms with van der Waals surface area (Å²) >= 11 is 0. The van der Waals surface area contributed by atoms with Crippen LogP contribution in [0.4, 0.5) is 0 Å². The van der Waals surface area contributed by atoms with Crippen LogP contribution in [0.15, 0.2) is 36.5 Å². The highest BCUT2D eigenvalue weighted by molar-refractivity contribution is 5.94. The average Bonchev–Trinajstić information content (AvgIpc) is 3.55. The van der Waals surface area contributed by atoms with Gasteiger partial charge in [-0.25, -0.2) is 9.97 Å². The standard InChI is InChI=1S/C23H30N4O/c1-17-21(14-24-22(25-17)20-8-9-20)23(28)26(2)15-19-10-12-27(13-11-19)16-18-6-4-3-5-7-18/h3-7,14,19-20H,8-13,15-16H2,1-2H3. The van der Waals surface area contributed by atoms with Crippen LogP contribution in [-0.2, 0) is 6.54 Å². The van der Waals surface area contributed by atoms with Crippen LogP contribution >= 0.6 is 0 Å². The van der Waals surface area contributed by atoms with Gasteiger partial charge in [0.25, 0.3) is 5.91 Å². The smallest absolute Gasteiger partial charge is 0.257 e. The van der Waals surface area contributed by atoms with Crippen molar-refractivity contribution in [2.45, 2.75) is 45.1 Å². The number of likely N-dealkylation sites (tertiary alicyclic amines) is 1. The molecule has 1 saturated heterocycles. The van der Waals surface area contributed by atoms with Gasteiger partial charge in [0.2, 0.25) is 0 Å². The zero-order chi connectivity index (χ0) is 19.5. The third-order valence-electron chi connectivity index (χ3n) is 6.01. The Labute approximate surface area is 167 Å². The SMILES string of the molecule is Cc1nc(C2CC2)ncc1C(=O)N(C)CC1CCN(Cc2ccccc2)CC1. The van der Waals surface area contributed by atoms with Crippen LogP contribution in [0.2, 0.25) is 0 Å². The monoisotopic (exact) mass is 378 g/mol. The van der Waals surface area contributed by atoms with Crippen molar-refractivity contribution in [1.82, 2.24) is 19.8 Å². The quantitative estimate of drug-likeness (QED) is 0.770. The van der Waals surface area contributed by atoms with E-state index in [1.807, 2.05) is 18.9 Å². The number of carbonyl (C=O) groups excluding carboxylic acids is 1. The van der Waals surface area contributed by atoms with Crippen molar-refractivity contribution < 1.29 is 4.79 Å². The van der Waals surface area contributed by atoms with Crippen molar-refractivity contribution in [3.05, 3.63) is 59.2 Å². The van der Waals surface area contributed by atoms with Gasteiger partial charge in [0.05, 0.1) is 11.3 Å². The van der Waals surface area contributed by atoms with Crippen molar-refractivity contribution in [3.63, 3.8) is 0 Å². The largest absolute Gasteiger partial charge is 0.341 e. The van der Waals surface area contributed by atoms with E-state index >= 15 is 0 Å². The number of hydrogen-bond acceptors (Lipinski definition) is 4. The molecule has 1 amide bonds. The topological polar surface area (TPSA) is 49.3 Å². The molecule has 1 aliphatic heterocycles. The second kappa shape index (κ2) is 8.39. The highest BCUT2D eigenvalue weighted by Crippen LogP contribution is 2.38. The number of benzene rings is 1. The predicted molar refractivity (Wildman–Crippen MR) is 110 cm³/mol. The van der Waals surface area contributed by atoms with E-state index in [4.69, 9.17) is 0 Å². The first kappa shape index (κ1) is 19.1. The van der Waals surface area contributed by atoms with Crippen LogP contribution in [0.1, 0.15) is 59.0 Å². The van der Waals surface area contributed by atoms with Gasteiger partial charge in [-0.15, -0.1) is 0 Å². The first-order valence-electron chi connectivity index (χ1n) is 10.5. The molecule has 148 valence electrons. The lowest BCUT2D eigenvalue weighted by atomic mass is 9.95. The summed E-state index contributed by atoms with van der Waals surface area (Å²) < 4.78 is 0. The Bertz CT molecular complexity index is 811. The molecule has 4 rings (SSSR count). The molecule has 2 heterocycles. The van der Waals surface area contributed by atoms with Gasteiger partial charge in [-0.3, -0.25) is 9.69 Å². The molecule has 5 nitrogen and oxygen atoms in total. The molecule has 2 aromatic rings. The molecular formula is C23H30N4O. The van der Waals surface area contributed by atoms with E-state index in [1.54, 1.807) is 6.20 Å². The number of carbonyl (C=O) groups is 1. The van der Waals surface area contributed by atoms with Gasteiger partial charge in [-0.2, -0.15) is 0 Å². The van der Waals surface area contributed by atoms with Gasteiger partial charge in [0, 0.05) is 32.3 Å². The van der Waals surface area contributed by atoms with E-state index in [9.17, 15) is 4.79 Å². The normalized spacial score (nSPS) is 18.2. The van der Waals surface area contributed by atoms with E-state index in [1.165, 1.54) is 18.4 Å². The minimum Gasteiger partial charge on any atom is -0.341 e. The predicted octanol–water partition coefficient (Wildman–Crippen LogP) is 3.65. The Hall–Kier alpha value is -2.27. The summed E-state index contributed by atoms with van der Waals surface area (Å²) in [5.74, 6) is 2.03. The molecule has 1 aliphatic carbocycles. The lowest BCUT2D eigenvalue weighted by Crippen LogP contribution is -2.39. The molecule has 1 aromatic heterocycles. The number of hydrogen-bond donors (Lipinski definition) is 0. The molecule has 0 unspecified atom stereocenters. The van der Waals surface area contributed by atoms with Crippen molar-refractivity contribution in [2.24, 2.45) is 5.92 Å². The number of aryl methyl sites for hydroxylation is 1. The summed E-state index contributed by atoms with van der Waals surface area (Å²) in [5.41, 5.74) is 2.83. The summed E-state index contributed by atoms with van der Waals surface area (Å²) in [4.78, 5) is 26.3. The first-order valence-corrected chi connectivity index (χ1v) is 10.5. The van der Waals surface area contributed by atoms with Crippen molar-refractivity contribution in [1.29, 1.82) is 0 Å². The zero-order valence-corrected chi connectivity index (χ0v) is 17.0. The van der Waals surface area contributed by atoms with Gasteiger partial charge in [0.15, 0.2) is 0 Å². The minimum atomic E-state index is 0.0477. The third kappa shape index (κ3) is 4.58. The number of aromatic nitrogens is 2. The molecule has 0 spiro atoms. The van der Waals surface area contributed by atoms with E-state index in [-0.39, 0.29) is 5.91 Å². The molecular weight excluding hydrogens is 348 g/mol. The Morgan fingerprint density at radius 1 is 1.14 bits per heavy atom. The van der Waals surface area contributed by atoms with Crippen molar-refractivity contribution in [2.75, 3.05) is 26.7 Å². The Kier molecular flexibility index (Phi) is 5.72. The minimum absolute atomic E-state index is 0.0477. The van der Waals surface area contributed by atoms with Crippen LogP contribution in [-0.4, -0.2) is 52.4 Å². The fourth-order valence-electron chi connectivity index (χ4n) is 4.08. The van der Waals surface area contributed by atoms with E-state index in [0.717, 1.165) is 50.5 Å². The molecule has 0 bridgehead atoms. The molecule has 5 heteroatoms. The lowest BCUT2D eigenvalue weighted by Gasteiger charge is -2.34. The molecule has 0 N–H and O–H groups in total. The molecule has 2 fully saturated rings. The summed E-state index contributed by atoms with van der Waals surface area (Å²) in [6.45, 7) is 5.95. The molecule has 1 saturated carbocycles. The highest BCUT2D eigenvalue weighted by atomic mass is 16.2. The molecule has 1 aromatic carbocycles. The average molecular weight is 379 g/mol. The Morgan fingerprint density at radius 2 is 1.86 bits per heavy atom. The van der Waals surface area contributed by atoms with Crippen molar-refractivity contribution in [3.8, 4) is 0 Å². The fourth-order valence-corrected chi connectivity index (χ4v) is 4.08. The number of piperidine rings is 1. The summed E-state index contributed by atoms with van der Waals surface area (Å²) in [6, 6.07) is 10.7. The third-order valence-corrected chi connectivity index (χ3v) is 6.01. The highest BCUT2D eigenvalue weighted by Gasteiger charge is 2.28. The lowest BCUT2D eigenvalue weighted by molar-refractivity contribution is 0.0736. The van der Waals surface area contributed by atoms with Crippen LogP contribution in [0.5, 0.6) is 0 Å². The first-order chi connectivity index (χ1) is 13.6. The summed E-state index contributed by atoms with van der Waals surface area (Å²) in [6.07, 6.45) is 6.36. The van der Waals surface area contributed by atoms with Crippen molar-refractivity contribution >= 4 is 5.91 Å². The maximum absolute atomic E-state index is 12.9. The molecule has 2 aliphatic rings. The summed E-state index contributed by atoms with van der Waals surface area (Å²) in [7, 11) is 1.91. The van der Waals surface area contributed by atoms with Gasteiger partial charge in [-0.1, -0.05) is 30.3 Å². The molecule has 28 heavy (non-hydrogen) atoms. The maximum Gasteiger partial charge on any atom is 0.257 e. The van der Waals surface area contributed by atoms with E-state index in [2.05, 4.69) is 45.2 Å². The summed E-state index contributed by atoms with van der Waals surface area (Å²) in [5, 5.41) is 0. The van der Waals surface area contributed by atoms with Gasteiger partial charge < -0.3 is 4.90 Å². The Balaban J connectivity index is 1.28. The second-order valence-corrected chi connectivity index (χ2v) is 8.39. The van der Waals surface area contributed by atoms with Gasteiger partial charge in [0.1, 0.15) is 5.82 Å². The number of nitrogens with zero attached hydrogens (tertiary/aromatic N) is 4. The molecule has 0 radical (unpaired) electrons. The second-order valence-electron chi connectivity index (χ2n) is 8.39. The number of amides is 1. The van der Waals surface area contributed by atoms with Crippen LogP contribution in [0, 0.1) is 12.8 Å². The van der Waals surface area contributed by atoms with E-state index in [0.29, 0.717) is 17.4 Å². The Morgan fingerprint density at radius 3 is 2.50 bits per heavy atom. The zero-order valence-electron chi connectivity index (χ0n) is 17.0. The van der Waals surface area contributed by atoms with Crippen LogP contribution < -0.4 is 0 Å².